The molecule has 1 amide bonds. The molecule has 20 heavy (non-hydrogen) atoms. The van der Waals surface area contributed by atoms with E-state index in [-0.39, 0.29) is 4.47 Å². The highest BCUT2D eigenvalue weighted by molar-refractivity contribution is 9.10. The van der Waals surface area contributed by atoms with Gasteiger partial charge in [0.2, 0.25) is 0 Å². The van der Waals surface area contributed by atoms with Crippen molar-refractivity contribution in [3.05, 3.63) is 62.0 Å². The van der Waals surface area contributed by atoms with Crippen molar-refractivity contribution in [1.29, 1.82) is 0 Å². The lowest BCUT2D eigenvalue weighted by atomic mass is 10.1. The summed E-state index contributed by atoms with van der Waals surface area (Å²) in [5, 5.41) is 2.26. The molecule has 0 fully saturated rings. The van der Waals surface area contributed by atoms with Crippen LogP contribution in [0, 0.1) is 18.6 Å². The quantitative estimate of drug-likeness (QED) is 0.745. The number of nitrogens with one attached hydrogen (secondary N) is 1. The molecule has 0 heterocycles. The Morgan fingerprint density at radius 2 is 1.75 bits per heavy atom. The van der Waals surface area contributed by atoms with Crippen molar-refractivity contribution in [2.24, 2.45) is 0 Å². The van der Waals surface area contributed by atoms with Crippen molar-refractivity contribution in [2.45, 2.75) is 6.92 Å². The van der Waals surface area contributed by atoms with Crippen molar-refractivity contribution in [1.82, 2.24) is 0 Å². The molecule has 0 radical (unpaired) electrons. The van der Waals surface area contributed by atoms with E-state index in [1.807, 2.05) is 0 Å². The minimum Gasteiger partial charge on any atom is -0.317 e. The zero-order valence-corrected chi connectivity index (χ0v) is 13.5. The van der Waals surface area contributed by atoms with E-state index in [1.165, 1.54) is 0 Å². The molecule has 2 rings (SSSR count). The maximum atomic E-state index is 13.7. The predicted molar refractivity (Wildman–Crippen MR) is 80.9 cm³/mol. The van der Waals surface area contributed by atoms with Gasteiger partial charge < -0.3 is 5.32 Å². The monoisotopic (exact) mass is 403 g/mol. The number of halogens is 4. The first kappa shape index (κ1) is 15.1. The molecule has 0 atom stereocenters. The van der Waals surface area contributed by atoms with Crippen LogP contribution in [-0.2, 0) is 0 Å². The molecule has 0 aliphatic heterocycles. The van der Waals surface area contributed by atoms with Gasteiger partial charge in [0.25, 0.3) is 5.91 Å². The molecule has 104 valence electrons. The molecule has 0 spiro atoms. The van der Waals surface area contributed by atoms with Crippen LogP contribution in [0.4, 0.5) is 14.5 Å². The summed E-state index contributed by atoms with van der Waals surface area (Å²) in [7, 11) is 0. The Labute approximate surface area is 131 Å². The van der Waals surface area contributed by atoms with Gasteiger partial charge in [0.15, 0.2) is 11.6 Å². The topological polar surface area (TPSA) is 29.1 Å². The first-order valence-corrected chi connectivity index (χ1v) is 7.19. The fraction of sp³-hybridized carbons (Fsp3) is 0.0714. The summed E-state index contributed by atoms with van der Waals surface area (Å²) in [4.78, 5) is 12.1. The zero-order valence-electron chi connectivity index (χ0n) is 10.3. The third-order valence-corrected chi connectivity index (χ3v) is 4.07. The van der Waals surface area contributed by atoms with Crippen LogP contribution >= 0.6 is 31.9 Å². The van der Waals surface area contributed by atoms with Gasteiger partial charge >= 0.3 is 0 Å². The van der Waals surface area contributed by atoms with Crippen LogP contribution in [-0.4, -0.2) is 5.91 Å². The number of benzene rings is 2. The molecule has 0 saturated carbocycles. The average molecular weight is 405 g/mol. The second-order valence-corrected chi connectivity index (χ2v) is 5.88. The number of carbonyl (C=O) groups excluding carboxylic acids is 1. The van der Waals surface area contributed by atoms with Gasteiger partial charge in [-0.15, -0.1) is 0 Å². The summed E-state index contributed by atoms with van der Waals surface area (Å²) in [5.74, 6) is -2.24. The molecule has 0 saturated heterocycles. The summed E-state index contributed by atoms with van der Waals surface area (Å²) in [6.45, 7) is 1.74. The second-order valence-electron chi connectivity index (χ2n) is 4.11. The summed E-state index contributed by atoms with van der Waals surface area (Å²) >= 11 is 6.28. The molecule has 0 aliphatic rings. The van der Waals surface area contributed by atoms with Crippen molar-refractivity contribution in [3.63, 3.8) is 0 Å². The Morgan fingerprint density at radius 1 is 1.15 bits per heavy atom. The van der Waals surface area contributed by atoms with Gasteiger partial charge in [-0.3, -0.25) is 4.79 Å². The minimum absolute atomic E-state index is 0.268. The Balaban J connectivity index is 2.36. The molecule has 0 aliphatic carbocycles. The van der Waals surface area contributed by atoms with E-state index in [0.717, 1.165) is 16.6 Å². The third-order valence-electron chi connectivity index (χ3n) is 2.76. The van der Waals surface area contributed by atoms with Crippen molar-refractivity contribution < 1.29 is 13.6 Å². The van der Waals surface area contributed by atoms with Gasteiger partial charge in [-0.2, -0.15) is 0 Å². The Hall–Kier alpha value is -1.27. The molecule has 1 N–H and O–H groups in total. The SMILES string of the molecule is Cc1c(Br)cccc1C(=O)Nc1c(F)cc(Br)cc1F. The van der Waals surface area contributed by atoms with Gasteiger partial charge in [-0.1, -0.05) is 37.9 Å². The van der Waals surface area contributed by atoms with E-state index in [2.05, 4.69) is 37.2 Å². The first-order chi connectivity index (χ1) is 9.40. The van der Waals surface area contributed by atoms with Gasteiger partial charge in [-0.25, -0.2) is 8.78 Å². The van der Waals surface area contributed by atoms with Gasteiger partial charge in [0.05, 0.1) is 0 Å². The second kappa shape index (κ2) is 6.01. The highest BCUT2D eigenvalue weighted by atomic mass is 79.9. The molecule has 2 aromatic rings. The first-order valence-electron chi connectivity index (χ1n) is 5.61. The number of rotatable bonds is 2. The number of carbonyl (C=O) groups is 1. The molecule has 6 heteroatoms. The summed E-state index contributed by atoms with van der Waals surface area (Å²) in [5.41, 5.74) is 0.585. The standard InChI is InChI=1S/C14H9Br2F2NO/c1-7-9(3-2-4-10(7)16)14(20)19-13-11(17)5-8(15)6-12(13)18/h2-6H,1H3,(H,19,20). The van der Waals surface area contributed by atoms with Crippen LogP contribution < -0.4 is 5.32 Å². The van der Waals surface area contributed by atoms with Gasteiger partial charge in [0, 0.05) is 14.5 Å². The predicted octanol–water partition coefficient (Wildman–Crippen LogP) is 5.05. The maximum absolute atomic E-state index is 13.7. The van der Waals surface area contributed by atoms with Crippen LogP contribution in [0.25, 0.3) is 0 Å². The van der Waals surface area contributed by atoms with Crippen LogP contribution in [0.15, 0.2) is 39.3 Å². The number of amides is 1. The molecule has 2 nitrogen and oxygen atoms in total. The van der Waals surface area contributed by atoms with E-state index >= 15 is 0 Å². The lowest BCUT2D eigenvalue weighted by molar-refractivity contribution is 0.102. The summed E-state index contributed by atoms with van der Waals surface area (Å²) in [6, 6.07) is 7.23. The smallest absolute Gasteiger partial charge is 0.256 e. The lowest BCUT2D eigenvalue weighted by Crippen LogP contribution is -2.15. The van der Waals surface area contributed by atoms with Gasteiger partial charge in [0.1, 0.15) is 5.69 Å². The number of anilines is 1. The molecule has 2 aromatic carbocycles. The van der Waals surface area contributed by atoms with Crippen LogP contribution in [0.3, 0.4) is 0 Å². The maximum Gasteiger partial charge on any atom is 0.256 e. The van der Waals surface area contributed by atoms with Crippen molar-refractivity contribution in [3.8, 4) is 0 Å². The molecular formula is C14H9Br2F2NO. The van der Waals surface area contributed by atoms with Crippen LogP contribution in [0.1, 0.15) is 15.9 Å². The Kier molecular flexibility index (Phi) is 4.55. The highest BCUT2D eigenvalue weighted by Crippen LogP contribution is 2.25. The van der Waals surface area contributed by atoms with Crippen LogP contribution in [0.5, 0.6) is 0 Å². The normalized spacial score (nSPS) is 10.4. The fourth-order valence-corrected chi connectivity index (χ4v) is 2.46. The number of hydrogen-bond donors (Lipinski definition) is 1. The highest BCUT2D eigenvalue weighted by Gasteiger charge is 2.16. The van der Waals surface area contributed by atoms with E-state index in [9.17, 15) is 13.6 Å². The Bertz CT molecular complexity index is 666. The molecular weight excluding hydrogens is 396 g/mol. The average Bonchev–Trinajstić information content (AvgIpc) is 2.36. The van der Waals surface area contributed by atoms with E-state index in [1.54, 1.807) is 25.1 Å². The van der Waals surface area contributed by atoms with Crippen LogP contribution in [0.2, 0.25) is 0 Å². The van der Waals surface area contributed by atoms with Crippen molar-refractivity contribution >= 4 is 43.5 Å². The number of hydrogen-bond acceptors (Lipinski definition) is 1. The molecule has 0 aromatic heterocycles. The van der Waals surface area contributed by atoms with E-state index in [0.29, 0.717) is 11.1 Å². The van der Waals surface area contributed by atoms with E-state index in [4.69, 9.17) is 0 Å². The molecule has 0 unspecified atom stereocenters. The van der Waals surface area contributed by atoms with Gasteiger partial charge in [-0.05, 0) is 36.8 Å². The fourth-order valence-electron chi connectivity index (χ4n) is 1.70. The van der Waals surface area contributed by atoms with Crippen molar-refractivity contribution in [2.75, 3.05) is 5.32 Å². The van der Waals surface area contributed by atoms with E-state index < -0.39 is 23.2 Å². The zero-order chi connectivity index (χ0) is 14.9. The summed E-state index contributed by atoms with van der Waals surface area (Å²) < 4.78 is 28.4. The largest absolute Gasteiger partial charge is 0.317 e. The minimum atomic E-state index is -0.835. The summed E-state index contributed by atoms with van der Waals surface area (Å²) in [6.07, 6.45) is 0. The third kappa shape index (κ3) is 3.07. The Morgan fingerprint density at radius 3 is 2.35 bits per heavy atom. The lowest BCUT2D eigenvalue weighted by Gasteiger charge is -2.10. The molecule has 0 bridgehead atoms.